The molecule has 0 fully saturated rings. The molecule has 1 atom stereocenters. The summed E-state index contributed by atoms with van der Waals surface area (Å²) in [6, 6.07) is 5.51. The van der Waals surface area contributed by atoms with Gasteiger partial charge in [0.05, 0.1) is 20.1 Å². The Kier molecular flexibility index (Phi) is 6.22. The van der Waals surface area contributed by atoms with Gasteiger partial charge in [-0.15, -0.1) is 11.6 Å². The second-order valence-corrected chi connectivity index (χ2v) is 4.08. The highest BCUT2D eigenvalue weighted by molar-refractivity contribution is 6.18. The molecule has 0 aliphatic rings. The van der Waals surface area contributed by atoms with E-state index in [2.05, 4.69) is 0 Å². The molecular weight excluding hydrogens is 268 g/mol. The van der Waals surface area contributed by atoms with Crippen LogP contribution in [0.5, 0.6) is 11.5 Å². The fourth-order valence-electron chi connectivity index (χ4n) is 1.51. The minimum absolute atomic E-state index is 0.212. The molecule has 0 aliphatic carbocycles. The molecule has 104 valence electrons. The number of alkyl halides is 1. The van der Waals surface area contributed by atoms with E-state index in [1.54, 1.807) is 26.4 Å². The van der Waals surface area contributed by atoms with Crippen molar-refractivity contribution in [1.82, 2.24) is 0 Å². The standard InChI is InChI=1S/C14H17ClO4/c1-10(16)19-12(9-15)6-4-11-5-7-13(17-2)14(8-11)18-3/h4-8,12H,9H2,1-3H3/b6-4+/t12-/m0/s1. The minimum atomic E-state index is -0.438. The van der Waals surface area contributed by atoms with E-state index in [1.165, 1.54) is 6.92 Å². The fraction of sp³-hybridized carbons (Fsp3) is 0.357. The monoisotopic (exact) mass is 284 g/mol. The Morgan fingerprint density at radius 3 is 2.53 bits per heavy atom. The van der Waals surface area contributed by atoms with Gasteiger partial charge in [0.15, 0.2) is 11.5 Å². The van der Waals surface area contributed by atoms with Crippen LogP contribution in [0.15, 0.2) is 24.3 Å². The Labute approximate surface area is 117 Å². The zero-order valence-corrected chi connectivity index (χ0v) is 11.9. The number of halogens is 1. The Balaban J connectivity index is 2.83. The Hall–Kier alpha value is -1.68. The molecule has 0 amide bonds. The molecule has 0 heterocycles. The molecule has 0 aliphatic heterocycles. The molecular formula is C14H17ClO4. The first kappa shape index (κ1) is 15.4. The van der Waals surface area contributed by atoms with Crippen LogP contribution in [0.3, 0.4) is 0 Å². The van der Waals surface area contributed by atoms with Gasteiger partial charge in [0.1, 0.15) is 6.10 Å². The quantitative estimate of drug-likeness (QED) is 0.595. The molecule has 0 unspecified atom stereocenters. The number of hydrogen-bond acceptors (Lipinski definition) is 4. The van der Waals surface area contributed by atoms with E-state index in [0.717, 1.165) is 5.56 Å². The van der Waals surface area contributed by atoms with Crippen molar-refractivity contribution >= 4 is 23.6 Å². The summed E-state index contributed by atoms with van der Waals surface area (Å²) >= 11 is 5.71. The second-order valence-electron chi connectivity index (χ2n) is 3.78. The van der Waals surface area contributed by atoms with E-state index in [1.807, 2.05) is 18.2 Å². The summed E-state index contributed by atoms with van der Waals surface area (Å²) in [5.41, 5.74) is 0.903. The molecule has 5 heteroatoms. The molecule has 19 heavy (non-hydrogen) atoms. The zero-order valence-electron chi connectivity index (χ0n) is 11.2. The van der Waals surface area contributed by atoms with Crippen molar-refractivity contribution in [3.63, 3.8) is 0 Å². The number of benzene rings is 1. The van der Waals surface area contributed by atoms with Gasteiger partial charge in [-0.2, -0.15) is 0 Å². The van der Waals surface area contributed by atoms with Gasteiger partial charge in [-0.05, 0) is 23.8 Å². The summed E-state index contributed by atoms with van der Waals surface area (Å²) in [5, 5.41) is 0. The van der Waals surface area contributed by atoms with Crippen LogP contribution in [0.1, 0.15) is 12.5 Å². The summed E-state index contributed by atoms with van der Waals surface area (Å²) in [7, 11) is 3.16. The van der Waals surface area contributed by atoms with Gasteiger partial charge in [0.25, 0.3) is 0 Å². The lowest BCUT2D eigenvalue weighted by atomic mass is 10.1. The molecule has 0 saturated carbocycles. The first-order valence-electron chi connectivity index (χ1n) is 5.74. The number of esters is 1. The number of methoxy groups -OCH3 is 2. The van der Waals surface area contributed by atoms with Gasteiger partial charge in [-0.3, -0.25) is 4.79 Å². The Morgan fingerprint density at radius 2 is 2.00 bits per heavy atom. The highest BCUT2D eigenvalue weighted by Crippen LogP contribution is 2.28. The van der Waals surface area contributed by atoms with Gasteiger partial charge < -0.3 is 14.2 Å². The molecule has 1 aromatic rings. The lowest BCUT2D eigenvalue weighted by Gasteiger charge is -2.10. The molecule has 0 N–H and O–H groups in total. The number of rotatable bonds is 6. The van der Waals surface area contributed by atoms with Crippen LogP contribution in [0.2, 0.25) is 0 Å². The highest BCUT2D eigenvalue weighted by atomic mass is 35.5. The fourth-order valence-corrected chi connectivity index (χ4v) is 1.68. The van der Waals surface area contributed by atoms with Gasteiger partial charge in [-0.25, -0.2) is 0 Å². The number of hydrogen-bond donors (Lipinski definition) is 0. The maximum Gasteiger partial charge on any atom is 0.303 e. The van der Waals surface area contributed by atoms with Crippen LogP contribution in [0.4, 0.5) is 0 Å². The molecule has 0 bridgehead atoms. The average molecular weight is 285 g/mol. The van der Waals surface area contributed by atoms with Crippen LogP contribution in [-0.4, -0.2) is 32.2 Å². The van der Waals surface area contributed by atoms with E-state index in [0.29, 0.717) is 11.5 Å². The highest BCUT2D eigenvalue weighted by Gasteiger charge is 2.07. The molecule has 0 aromatic heterocycles. The summed E-state index contributed by atoms with van der Waals surface area (Å²) < 4.78 is 15.4. The largest absolute Gasteiger partial charge is 0.493 e. The topological polar surface area (TPSA) is 44.8 Å². The predicted molar refractivity (Wildman–Crippen MR) is 74.9 cm³/mol. The van der Waals surface area contributed by atoms with Crippen LogP contribution in [0, 0.1) is 0 Å². The SMILES string of the molecule is COc1ccc(/C=C/[C@@H](CCl)OC(C)=O)cc1OC. The summed E-state index contributed by atoms with van der Waals surface area (Å²) in [4.78, 5) is 10.9. The Morgan fingerprint density at radius 1 is 1.32 bits per heavy atom. The van der Waals surface area contributed by atoms with Crippen LogP contribution < -0.4 is 9.47 Å². The lowest BCUT2D eigenvalue weighted by molar-refractivity contribution is -0.143. The van der Waals surface area contributed by atoms with Gasteiger partial charge in [0, 0.05) is 6.92 Å². The average Bonchev–Trinajstić information content (AvgIpc) is 2.42. The number of ether oxygens (including phenoxy) is 3. The van der Waals surface area contributed by atoms with Crippen molar-refractivity contribution in [2.75, 3.05) is 20.1 Å². The van der Waals surface area contributed by atoms with E-state index >= 15 is 0 Å². The maximum atomic E-state index is 10.9. The van der Waals surface area contributed by atoms with E-state index < -0.39 is 6.10 Å². The van der Waals surface area contributed by atoms with Crippen LogP contribution >= 0.6 is 11.6 Å². The third kappa shape index (κ3) is 4.83. The van der Waals surface area contributed by atoms with E-state index in [9.17, 15) is 4.79 Å². The third-order valence-corrected chi connectivity index (χ3v) is 2.68. The van der Waals surface area contributed by atoms with E-state index in [-0.39, 0.29) is 11.8 Å². The predicted octanol–water partition coefficient (Wildman–Crippen LogP) is 2.89. The molecule has 0 saturated heterocycles. The van der Waals surface area contributed by atoms with Crippen LogP contribution in [0.25, 0.3) is 6.08 Å². The molecule has 1 rings (SSSR count). The van der Waals surface area contributed by atoms with Crippen LogP contribution in [-0.2, 0) is 9.53 Å². The molecule has 0 radical (unpaired) electrons. The van der Waals surface area contributed by atoms with Crippen molar-refractivity contribution in [3.8, 4) is 11.5 Å². The molecule has 0 spiro atoms. The zero-order chi connectivity index (χ0) is 14.3. The smallest absolute Gasteiger partial charge is 0.303 e. The maximum absolute atomic E-state index is 10.9. The summed E-state index contributed by atoms with van der Waals surface area (Å²) in [5.74, 6) is 1.15. The summed E-state index contributed by atoms with van der Waals surface area (Å²) in [6.45, 7) is 1.35. The second kappa shape index (κ2) is 7.69. The van der Waals surface area contributed by atoms with Crippen molar-refractivity contribution in [3.05, 3.63) is 29.8 Å². The molecule has 1 aromatic carbocycles. The molecule has 4 nitrogen and oxygen atoms in total. The third-order valence-electron chi connectivity index (χ3n) is 2.38. The minimum Gasteiger partial charge on any atom is -0.493 e. The number of carbonyl (C=O) groups is 1. The van der Waals surface area contributed by atoms with Gasteiger partial charge in [0.2, 0.25) is 0 Å². The first-order valence-corrected chi connectivity index (χ1v) is 6.27. The normalized spacial score (nSPS) is 12.2. The lowest BCUT2D eigenvalue weighted by Crippen LogP contribution is -2.14. The van der Waals surface area contributed by atoms with Crippen molar-refractivity contribution < 1.29 is 19.0 Å². The first-order chi connectivity index (χ1) is 9.10. The van der Waals surface area contributed by atoms with Gasteiger partial charge >= 0.3 is 5.97 Å². The Bertz CT molecular complexity index is 457. The van der Waals surface area contributed by atoms with E-state index in [4.69, 9.17) is 25.8 Å². The summed E-state index contributed by atoms with van der Waals surface area (Å²) in [6.07, 6.45) is 3.11. The van der Waals surface area contributed by atoms with Gasteiger partial charge in [-0.1, -0.05) is 12.1 Å². The number of carbonyl (C=O) groups excluding carboxylic acids is 1. The van der Waals surface area contributed by atoms with Crippen molar-refractivity contribution in [2.24, 2.45) is 0 Å². The van der Waals surface area contributed by atoms with Crippen molar-refractivity contribution in [2.45, 2.75) is 13.0 Å². The van der Waals surface area contributed by atoms with Crippen molar-refractivity contribution in [1.29, 1.82) is 0 Å².